The van der Waals surface area contributed by atoms with E-state index in [0.717, 1.165) is 0 Å². The Labute approximate surface area is 87.6 Å². The normalized spacial score (nSPS) is 9.73. The van der Waals surface area contributed by atoms with Gasteiger partial charge in [0.05, 0.1) is 25.4 Å². The van der Waals surface area contributed by atoms with Crippen molar-refractivity contribution in [2.45, 2.75) is 6.42 Å². The molecule has 0 fully saturated rings. The minimum Gasteiger partial charge on any atom is -0.472 e. The molecule has 1 amide bonds. The van der Waals surface area contributed by atoms with Crippen molar-refractivity contribution in [3.63, 3.8) is 0 Å². The molecule has 0 saturated heterocycles. The van der Waals surface area contributed by atoms with E-state index in [4.69, 9.17) is 4.42 Å². The molecule has 0 aliphatic carbocycles. The molecule has 0 atom stereocenters. The van der Waals surface area contributed by atoms with Crippen LogP contribution in [0.5, 0.6) is 0 Å². The Morgan fingerprint density at radius 1 is 1.53 bits per heavy atom. The summed E-state index contributed by atoms with van der Waals surface area (Å²) < 4.78 is 9.27. The Kier molecular flexibility index (Phi) is 3.91. The van der Waals surface area contributed by atoms with E-state index >= 15 is 0 Å². The molecule has 5 heteroatoms. The van der Waals surface area contributed by atoms with Crippen LogP contribution in [0, 0.1) is 0 Å². The third-order valence-electron chi connectivity index (χ3n) is 1.99. The maximum Gasteiger partial charge on any atom is 0.307 e. The summed E-state index contributed by atoms with van der Waals surface area (Å²) in [5.74, 6) is -0.505. The Morgan fingerprint density at radius 2 is 2.27 bits per heavy atom. The molecule has 1 aromatic heterocycles. The predicted octanol–water partition coefficient (Wildman–Crippen LogP) is 0.915. The minimum absolute atomic E-state index is 0.173. The molecule has 0 radical (unpaired) electrons. The number of nitrogens with zero attached hydrogens (tertiary/aromatic N) is 1. The summed E-state index contributed by atoms with van der Waals surface area (Å²) in [6, 6.07) is 1.58. The molecule has 0 bridgehead atoms. The number of ether oxygens (including phenoxy) is 1. The second-order valence-electron chi connectivity index (χ2n) is 3.06. The largest absolute Gasteiger partial charge is 0.472 e. The lowest BCUT2D eigenvalue weighted by atomic mass is 10.3. The number of hydrogen-bond donors (Lipinski definition) is 0. The molecule has 0 saturated carbocycles. The lowest BCUT2D eigenvalue weighted by Crippen LogP contribution is -2.28. The molecule has 5 nitrogen and oxygen atoms in total. The summed E-state index contributed by atoms with van der Waals surface area (Å²) in [6.07, 6.45) is 2.99. The highest BCUT2D eigenvalue weighted by molar-refractivity contribution is 5.93. The van der Waals surface area contributed by atoms with E-state index in [0.29, 0.717) is 12.1 Å². The first-order valence-electron chi connectivity index (χ1n) is 4.49. The van der Waals surface area contributed by atoms with Crippen molar-refractivity contribution in [1.29, 1.82) is 0 Å². The van der Waals surface area contributed by atoms with Gasteiger partial charge in [-0.25, -0.2) is 0 Å². The van der Waals surface area contributed by atoms with Gasteiger partial charge in [-0.05, 0) is 6.07 Å². The second kappa shape index (κ2) is 5.19. The Balaban J connectivity index is 2.44. The van der Waals surface area contributed by atoms with E-state index < -0.39 is 0 Å². The highest BCUT2D eigenvalue weighted by Gasteiger charge is 2.13. The van der Waals surface area contributed by atoms with E-state index in [1.165, 1.54) is 24.5 Å². The maximum atomic E-state index is 11.6. The quantitative estimate of drug-likeness (QED) is 0.695. The molecule has 0 unspecified atom stereocenters. The molecular weight excluding hydrogens is 198 g/mol. The summed E-state index contributed by atoms with van der Waals surface area (Å²) >= 11 is 0. The smallest absolute Gasteiger partial charge is 0.307 e. The summed E-state index contributed by atoms with van der Waals surface area (Å²) in [5, 5.41) is 0. The third-order valence-corrected chi connectivity index (χ3v) is 1.99. The fourth-order valence-corrected chi connectivity index (χ4v) is 1.07. The second-order valence-corrected chi connectivity index (χ2v) is 3.06. The lowest BCUT2D eigenvalue weighted by molar-refractivity contribution is -0.140. The van der Waals surface area contributed by atoms with Crippen LogP contribution in [-0.4, -0.2) is 37.5 Å². The first-order valence-corrected chi connectivity index (χ1v) is 4.49. The van der Waals surface area contributed by atoms with E-state index in [1.807, 2.05) is 0 Å². The fourth-order valence-electron chi connectivity index (χ4n) is 1.07. The summed E-state index contributed by atoms with van der Waals surface area (Å²) in [7, 11) is 2.94. The zero-order valence-corrected chi connectivity index (χ0v) is 8.73. The molecule has 82 valence electrons. The molecule has 0 aromatic carbocycles. The van der Waals surface area contributed by atoms with Crippen LogP contribution in [0.4, 0.5) is 0 Å². The molecule has 0 N–H and O–H groups in total. The fraction of sp³-hybridized carbons (Fsp3) is 0.400. The van der Waals surface area contributed by atoms with Gasteiger partial charge in [-0.2, -0.15) is 0 Å². The Bertz CT molecular complexity index is 331. The monoisotopic (exact) mass is 211 g/mol. The van der Waals surface area contributed by atoms with Gasteiger partial charge in [0.15, 0.2) is 0 Å². The van der Waals surface area contributed by atoms with Gasteiger partial charge in [0.2, 0.25) is 0 Å². The van der Waals surface area contributed by atoms with Crippen LogP contribution < -0.4 is 0 Å². The molecule has 0 spiro atoms. The van der Waals surface area contributed by atoms with Crippen LogP contribution in [-0.2, 0) is 9.53 Å². The van der Waals surface area contributed by atoms with Gasteiger partial charge >= 0.3 is 5.97 Å². The average molecular weight is 211 g/mol. The van der Waals surface area contributed by atoms with E-state index in [9.17, 15) is 9.59 Å². The van der Waals surface area contributed by atoms with Crippen LogP contribution in [0.2, 0.25) is 0 Å². The molecule has 0 aliphatic rings. The van der Waals surface area contributed by atoms with Gasteiger partial charge in [0, 0.05) is 13.6 Å². The molecule has 15 heavy (non-hydrogen) atoms. The van der Waals surface area contributed by atoms with Crippen LogP contribution in [0.3, 0.4) is 0 Å². The predicted molar refractivity (Wildman–Crippen MR) is 52.3 cm³/mol. The number of carbonyl (C=O) groups excluding carboxylic acids is 2. The third kappa shape index (κ3) is 3.12. The Morgan fingerprint density at radius 3 is 2.80 bits per heavy atom. The number of amides is 1. The van der Waals surface area contributed by atoms with Gasteiger partial charge < -0.3 is 14.1 Å². The topological polar surface area (TPSA) is 59.8 Å². The number of hydrogen-bond acceptors (Lipinski definition) is 4. The van der Waals surface area contributed by atoms with Gasteiger partial charge in [-0.3, -0.25) is 9.59 Å². The number of methoxy groups -OCH3 is 1. The van der Waals surface area contributed by atoms with Crippen molar-refractivity contribution in [1.82, 2.24) is 4.90 Å². The van der Waals surface area contributed by atoms with Crippen molar-refractivity contribution in [3.8, 4) is 0 Å². The number of esters is 1. The highest BCUT2D eigenvalue weighted by atomic mass is 16.5. The van der Waals surface area contributed by atoms with Crippen molar-refractivity contribution in [2.75, 3.05) is 20.7 Å². The van der Waals surface area contributed by atoms with Gasteiger partial charge in [-0.15, -0.1) is 0 Å². The molecule has 0 aliphatic heterocycles. The van der Waals surface area contributed by atoms with Crippen LogP contribution >= 0.6 is 0 Å². The molecule has 1 aromatic rings. The first kappa shape index (κ1) is 11.3. The van der Waals surface area contributed by atoms with Crippen molar-refractivity contribution >= 4 is 11.9 Å². The van der Waals surface area contributed by atoms with E-state index in [2.05, 4.69) is 4.74 Å². The van der Waals surface area contributed by atoms with Crippen LogP contribution in [0.1, 0.15) is 16.8 Å². The van der Waals surface area contributed by atoms with E-state index in [-0.39, 0.29) is 18.3 Å². The van der Waals surface area contributed by atoms with Crippen molar-refractivity contribution in [2.24, 2.45) is 0 Å². The Hall–Kier alpha value is -1.78. The lowest BCUT2D eigenvalue weighted by Gasteiger charge is -2.14. The molecule has 1 heterocycles. The van der Waals surface area contributed by atoms with Gasteiger partial charge in [0.25, 0.3) is 5.91 Å². The molecular formula is C10H13NO4. The molecule has 1 rings (SSSR count). The zero-order valence-electron chi connectivity index (χ0n) is 8.73. The number of furan rings is 1. The SMILES string of the molecule is COC(=O)CCN(C)C(=O)c1ccoc1. The van der Waals surface area contributed by atoms with E-state index in [1.54, 1.807) is 13.1 Å². The zero-order chi connectivity index (χ0) is 11.3. The van der Waals surface area contributed by atoms with Gasteiger partial charge in [-0.1, -0.05) is 0 Å². The summed E-state index contributed by atoms with van der Waals surface area (Å²) in [4.78, 5) is 23.9. The number of rotatable bonds is 4. The summed E-state index contributed by atoms with van der Waals surface area (Å²) in [6.45, 7) is 0.330. The van der Waals surface area contributed by atoms with Gasteiger partial charge in [0.1, 0.15) is 6.26 Å². The summed E-state index contributed by atoms with van der Waals surface area (Å²) in [5.41, 5.74) is 0.474. The first-order chi connectivity index (χ1) is 7.15. The van der Waals surface area contributed by atoms with Crippen LogP contribution in [0.25, 0.3) is 0 Å². The highest BCUT2D eigenvalue weighted by Crippen LogP contribution is 2.04. The minimum atomic E-state index is -0.332. The van der Waals surface area contributed by atoms with Crippen molar-refractivity contribution < 1.29 is 18.7 Å². The number of carbonyl (C=O) groups is 2. The average Bonchev–Trinajstić information content (AvgIpc) is 2.77. The maximum absolute atomic E-state index is 11.6. The van der Waals surface area contributed by atoms with Crippen molar-refractivity contribution in [3.05, 3.63) is 24.2 Å². The van der Waals surface area contributed by atoms with Crippen LogP contribution in [0.15, 0.2) is 23.0 Å². The standard InChI is InChI=1S/C10H13NO4/c1-11(5-3-9(12)14-2)10(13)8-4-6-15-7-8/h4,6-7H,3,5H2,1-2H3.